The highest BCUT2D eigenvalue weighted by Crippen LogP contribution is 2.36. The maximum atomic E-state index is 13.6. The number of nitrogens with zero attached hydrogens (tertiary/aromatic N) is 15. The summed E-state index contributed by atoms with van der Waals surface area (Å²) in [4.78, 5) is 83.9. The topological polar surface area (TPSA) is 331 Å². The Kier molecular flexibility index (Phi) is 29.0. The Morgan fingerprint density at radius 1 is 0.341 bits per heavy atom. The molecule has 10 N–H and O–H groups in total. The average Bonchev–Trinajstić information content (AvgIpc) is 1.69. The van der Waals surface area contributed by atoms with Crippen LogP contribution in [-0.4, -0.2) is 221 Å². The van der Waals surface area contributed by atoms with Crippen LogP contribution in [0.5, 0.6) is 0 Å². The molecule has 8 aromatic heterocycles. The molecular formula is C103H108F4N24O4. The second kappa shape index (κ2) is 42.0. The van der Waals surface area contributed by atoms with Crippen LogP contribution in [0, 0.1) is 0 Å². The Morgan fingerprint density at radius 2 is 0.652 bits per heavy atom. The minimum absolute atomic E-state index is 0.109. The molecule has 0 aliphatic carbocycles. The van der Waals surface area contributed by atoms with Gasteiger partial charge >= 0.3 is 0 Å². The lowest BCUT2D eigenvalue weighted by molar-refractivity contribution is -0.0566. The molecule has 28 nitrogen and oxygen atoms in total. The summed E-state index contributed by atoms with van der Waals surface area (Å²) in [7, 11) is 16.0. The zero-order valence-electron chi connectivity index (χ0n) is 76.5. The van der Waals surface area contributed by atoms with E-state index in [0.29, 0.717) is 83.3 Å². The molecule has 3 saturated heterocycles. The van der Waals surface area contributed by atoms with Crippen molar-refractivity contribution in [2.45, 2.75) is 83.2 Å². The number of carbonyl (C=O) groups excluding carboxylic acids is 4. The third-order valence-electron chi connectivity index (χ3n) is 23.4. The van der Waals surface area contributed by atoms with Gasteiger partial charge in [-0.2, -0.15) is 20.4 Å². The van der Waals surface area contributed by atoms with Gasteiger partial charge in [0.05, 0.1) is 46.2 Å². The standard InChI is InChI=1S/C28H30F2N6O.C27H28F2N6O.C26H28N6O.C22H22N6O/c1-35(2)17-19-4-3-5-23(13-19)32-27(37)26-24-14-21(6-7-25(24)33-34-26)22-12-20(15-31-16-22)18-36-10-8-28(29,30)9-11-36;1-34(2)15-18-4-3-5-22(11-18)31-26(36)25-23-12-20(6-7-24(23)32-33-25)21-10-19(13-30-14-21)16-35-9-8-27(28,29)17-35;1-31(2)17-18-6-5-7-21(12-18)28-26(33)25-23-14-19(8-9-24(23)29-30-25)20-13-22(16-27-15-20)32-10-3-4-11-32;1-28(2)13-14-4-3-5-18(8-14)25-22(29)21-19-10-15(6-7-20(19)26-27-21)16-9-17(23)12-24-11-16/h3-7,12-16H,8-11,17-18H2,1-2H3,(H,32,37)(H,33,34);3-7,10-14H,8-9,15-17H2,1-2H3,(H,31,36)(H,32,33);5-9,12-16H,3-4,10-11,17H2,1-2H3,(H,28,33)(H,29,30);3-12H,13,23H2,1-2H3,(H,25,29)(H,26,27). The second-order valence-electron chi connectivity index (χ2n) is 35.6. The number of benzene rings is 8. The number of nitrogens with two attached hydrogens (primary N) is 1. The summed E-state index contributed by atoms with van der Waals surface area (Å²) in [6, 6.07) is 62.5. The van der Waals surface area contributed by atoms with Crippen LogP contribution in [0.1, 0.15) is 107 Å². The highest BCUT2D eigenvalue weighted by molar-refractivity contribution is 6.15. The van der Waals surface area contributed by atoms with Crippen LogP contribution < -0.4 is 31.9 Å². The van der Waals surface area contributed by atoms with E-state index < -0.39 is 11.8 Å². The first-order valence-corrected chi connectivity index (χ1v) is 44.7. The monoisotopic (exact) mass is 1820 g/mol. The summed E-state index contributed by atoms with van der Waals surface area (Å²) < 4.78 is 54.1. The van der Waals surface area contributed by atoms with Gasteiger partial charge in [-0.1, -0.05) is 72.8 Å². The van der Waals surface area contributed by atoms with E-state index in [2.05, 4.69) is 119 Å². The first-order chi connectivity index (χ1) is 65.1. The van der Waals surface area contributed by atoms with E-state index in [9.17, 15) is 36.7 Å². The Morgan fingerprint density at radius 3 is 0.985 bits per heavy atom. The van der Waals surface area contributed by atoms with E-state index in [1.807, 2.05) is 256 Å². The fourth-order valence-electron chi connectivity index (χ4n) is 17.0. The Hall–Kier alpha value is -14.8. The third-order valence-corrected chi connectivity index (χ3v) is 23.4. The lowest BCUT2D eigenvalue weighted by Gasteiger charge is -2.31. The van der Waals surface area contributed by atoms with Crippen molar-refractivity contribution in [2.24, 2.45) is 0 Å². The molecule has 0 radical (unpaired) electrons. The second-order valence-corrected chi connectivity index (χ2v) is 35.6. The van der Waals surface area contributed by atoms with Crippen molar-refractivity contribution in [3.05, 3.63) is 300 Å². The van der Waals surface area contributed by atoms with Gasteiger partial charge in [0.15, 0.2) is 22.8 Å². The molecule has 0 bridgehead atoms. The predicted octanol–water partition coefficient (Wildman–Crippen LogP) is 18.0. The summed E-state index contributed by atoms with van der Waals surface area (Å²) in [6.07, 6.45) is 16.2. The van der Waals surface area contributed by atoms with Crippen molar-refractivity contribution in [1.82, 2.24) is 90.1 Å². The van der Waals surface area contributed by atoms with Crippen LogP contribution in [0.2, 0.25) is 0 Å². The van der Waals surface area contributed by atoms with Gasteiger partial charge in [0.1, 0.15) is 0 Å². The van der Waals surface area contributed by atoms with Crippen LogP contribution in [0.3, 0.4) is 0 Å². The van der Waals surface area contributed by atoms with E-state index in [-0.39, 0.29) is 49.4 Å². The van der Waals surface area contributed by atoms with Crippen molar-refractivity contribution in [3.63, 3.8) is 0 Å². The number of halogens is 4. The number of hydrogen-bond donors (Lipinski definition) is 9. The molecule has 0 saturated carbocycles. The van der Waals surface area contributed by atoms with Crippen LogP contribution in [-0.2, 0) is 39.3 Å². The van der Waals surface area contributed by atoms with Crippen molar-refractivity contribution in [1.29, 1.82) is 0 Å². The maximum Gasteiger partial charge on any atom is 0.276 e. The van der Waals surface area contributed by atoms with Gasteiger partial charge in [0.2, 0.25) is 0 Å². The van der Waals surface area contributed by atoms with Gasteiger partial charge in [-0.25, -0.2) is 17.6 Å². The molecule has 3 aliphatic rings. The summed E-state index contributed by atoms with van der Waals surface area (Å²) in [5.74, 6) is -6.27. The van der Waals surface area contributed by atoms with Gasteiger partial charge in [-0.3, -0.25) is 69.3 Å². The number of aromatic nitrogens is 12. The van der Waals surface area contributed by atoms with E-state index in [1.54, 1.807) is 42.1 Å². The molecular weight excluding hydrogens is 1710 g/mol. The normalized spacial score (nSPS) is 14.2. The molecule has 16 aromatic rings. The molecule has 3 aliphatic heterocycles. The third kappa shape index (κ3) is 24.4. The van der Waals surface area contributed by atoms with Crippen LogP contribution in [0.15, 0.2) is 244 Å². The highest BCUT2D eigenvalue weighted by Gasteiger charge is 2.38. The van der Waals surface area contributed by atoms with E-state index in [0.717, 1.165) is 167 Å². The number of rotatable bonds is 25. The first kappa shape index (κ1) is 93.4. The van der Waals surface area contributed by atoms with E-state index in [4.69, 9.17) is 5.73 Å². The number of pyridine rings is 4. The predicted molar refractivity (Wildman–Crippen MR) is 525 cm³/mol. The van der Waals surface area contributed by atoms with Crippen LogP contribution in [0.4, 0.5) is 51.7 Å². The van der Waals surface area contributed by atoms with E-state index >= 15 is 0 Å². The molecule has 32 heteroatoms. The van der Waals surface area contributed by atoms with Crippen molar-refractivity contribution >= 4 is 101 Å². The molecule has 0 unspecified atom stereocenters. The molecule has 0 spiro atoms. The Balaban J connectivity index is 0.000000131. The largest absolute Gasteiger partial charge is 0.397 e. The number of H-pyrrole nitrogens is 4. The van der Waals surface area contributed by atoms with Gasteiger partial charge in [0, 0.05) is 201 Å². The Bertz CT molecular complexity index is 6910. The summed E-state index contributed by atoms with van der Waals surface area (Å²) in [5.41, 5.74) is 28.6. The quantitative estimate of drug-likeness (QED) is 0.0240. The van der Waals surface area contributed by atoms with Gasteiger partial charge in [-0.15, -0.1) is 0 Å². The van der Waals surface area contributed by atoms with Crippen molar-refractivity contribution < 1.29 is 36.7 Å². The molecule has 135 heavy (non-hydrogen) atoms. The number of piperidine rings is 1. The number of carbonyl (C=O) groups is 4. The maximum absolute atomic E-state index is 13.6. The zero-order valence-corrected chi connectivity index (χ0v) is 76.5. The number of nitrogen functional groups attached to an aromatic ring is 1. The number of anilines is 6. The number of aromatic amines is 4. The van der Waals surface area contributed by atoms with Crippen molar-refractivity contribution in [3.8, 4) is 44.5 Å². The fourth-order valence-corrected chi connectivity index (χ4v) is 17.0. The van der Waals surface area contributed by atoms with Crippen LogP contribution >= 0.6 is 0 Å². The molecule has 19 rings (SSSR count). The number of nitrogens with one attached hydrogen (secondary N) is 8. The lowest BCUT2D eigenvalue weighted by atomic mass is 10.0. The molecule has 0 atom stereocenters. The van der Waals surface area contributed by atoms with E-state index in [1.165, 1.54) is 12.8 Å². The van der Waals surface area contributed by atoms with Crippen molar-refractivity contribution in [2.75, 3.05) is 128 Å². The Labute approximate surface area is 779 Å². The fraction of sp³-hybridized carbons (Fsp3) is 0.262. The molecule has 11 heterocycles. The number of fused-ring (bicyclic) bond motifs is 4. The number of likely N-dealkylation sites (tertiary alicyclic amines) is 2. The number of amides is 4. The molecule has 692 valence electrons. The summed E-state index contributed by atoms with van der Waals surface area (Å²) in [6.45, 7) is 7.18. The molecule has 4 amide bonds. The minimum Gasteiger partial charge on any atom is -0.397 e. The zero-order chi connectivity index (χ0) is 94.4. The van der Waals surface area contributed by atoms with Crippen LogP contribution in [0.25, 0.3) is 88.1 Å². The van der Waals surface area contributed by atoms with Gasteiger partial charge < -0.3 is 51.5 Å². The SMILES string of the molecule is CN(C)Cc1cccc(NC(=O)c2n[nH]c3ccc(-c4cncc(CN5CCC(F)(F)C5)c4)cc23)c1.CN(C)Cc1cccc(NC(=O)c2n[nH]c3ccc(-c4cncc(CN5CCC(F)(F)CC5)c4)cc23)c1.CN(C)Cc1cccc(NC(=O)c2n[nH]c3ccc(-c4cncc(N)c4)cc23)c1.CN(C)Cc1cccc(NC(=O)c2n[nH]c3ccc(-c4cncc(N5CCCC5)c4)cc23)c1. The lowest BCUT2D eigenvalue weighted by Crippen LogP contribution is -2.38. The minimum atomic E-state index is -2.62. The number of hydrogen-bond acceptors (Lipinski definition) is 20. The molecule has 3 fully saturated rings. The molecule has 8 aromatic carbocycles. The average molecular weight is 1820 g/mol. The summed E-state index contributed by atoms with van der Waals surface area (Å²) >= 11 is 0. The van der Waals surface area contributed by atoms with Gasteiger partial charge in [0.25, 0.3) is 35.5 Å². The highest BCUT2D eigenvalue weighted by atomic mass is 19.3. The first-order valence-electron chi connectivity index (χ1n) is 44.7. The summed E-state index contributed by atoms with van der Waals surface area (Å²) in [5, 5.41) is 43.6. The smallest absolute Gasteiger partial charge is 0.276 e. The number of alkyl halides is 4. The van der Waals surface area contributed by atoms with Gasteiger partial charge in [-0.05, 0) is 246 Å².